The van der Waals surface area contributed by atoms with Gasteiger partial charge in [0.25, 0.3) is 5.91 Å². The summed E-state index contributed by atoms with van der Waals surface area (Å²) in [6, 6.07) is 14.9. The molecule has 4 heteroatoms. The Labute approximate surface area is 129 Å². The second-order valence-corrected chi connectivity index (χ2v) is 4.95. The summed E-state index contributed by atoms with van der Waals surface area (Å²) in [5.41, 5.74) is 1.09. The molecule has 4 nitrogen and oxygen atoms in total. The van der Waals surface area contributed by atoms with E-state index in [0.29, 0.717) is 11.3 Å². The third kappa shape index (κ3) is 1.71. The summed E-state index contributed by atoms with van der Waals surface area (Å²) in [5.74, 6) is 0.513. The Kier molecular flexibility index (Phi) is 3.47. The Bertz CT molecular complexity index is 741. The van der Waals surface area contributed by atoms with E-state index < -0.39 is 5.72 Å². The standard InChI is InChI=1S/C18H17NO3/c1-4-19-17(20)13-9-5-6-10-14(13)18(19,22-3)15-11-7-8-12-16(15)21-2/h4-12H,1H2,2-3H3. The van der Waals surface area contributed by atoms with Gasteiger partial charge in [-0.15, -0.1) is 0 Å². The highest BCUT2D eigenvalue weighted by molar-refractivity contribution is 6.01. The number of methoxy groups -OCH3 is 2. The minimum Gasteiger partial charge on any atom is -0.496 e. The molecule has 0 aromatic heterocycles. The zero-order chi connectivity index (χ0) is 15.7. The SMILES string of the molecule is C=CN1C(=O)c2ccccc2C1(OC)c1ccccc1OC. The quantitative estimate of drug-likeness (QED) is 0.870. The highest BCUT2D eigenvalue weighted by Gasteiger charge is 2.51. The average Bonchev–Trinajstić information content (AvgIpc) is 2.84. The number of carbonyl (C=O) groups is 1. The monoisotopic (exact) mass is 295 g/mol. The predicted molar refractivity (Wildman–Crippen MR) is 83.6 cm³/mol. The first kappa shape index (κ1) is 14.4. The fourth-order valence-corrected chi connectivity index (χ4v) is 3.10. The molecule has 1 unspecified atom stereocenters. The van der Waals surface area contributed by atoms with Crippen molar-refractivity contribution >= 4 is 5.91 Å². The van der Waals surface area contributed by atoms with E-state index in [-0.39, 0.29) is 5.91 Å². The smallest absolute Gasteiger partial charge is 0.261 e. The number of fused-ring (bicyclic) bond motifs is 1. The molecule has 1 amide bonds. The molecule has 0 saturated heterocycles. The lowest BCUT2D eigenvalue weighted by atomic mass is 9.93. The second-order valence-electron chi connectivity index (χ2n) is 4.95. The molecule has 2 aromatic rings. The second kappa shape index (κ2) is 5.31. The van der Waals surface area contributed by atoms with E-state index in [2.05, 4.69) is 6.58 Å². The maximum atomic E-state index is 12.7. The van der Waals surface area contributed by atoms with Crippen LogP contribution in [0.5, 0.6) is 5.75 Å². The molecular formula is C18H17NO3. The van der Waals surface area contributed by atoms with Crippen LogP contribution in [0.25, 0.3) is 0 Å². The van der Waals surface area contributed by atoms with Crippen LogP contribution in [-0.4, -0.2) is 25.0 Å². The van der Waals surface area contributed by atoms with Gasteiger partial charge < -0.3 is 9.47 Å². The number of hydrogen-bond acceptors (Lipinski definition) is 3. The summed E-state index contributed by atoms with van der Waals surface area (Å²) < 4.78 is 11.4. The molecule has 0 radical (unpaired) electrons. The highest BCUT2D eigenvalue weighted by Crippen LogP contribution is 2.47. The van der Waals surface area contributed by atoms with Crippen LogP contribution in [0, 0.1) is 0 Å². The Morgan fingerprint density at radius 3 is 2.32 bits per heavy atom. The lowest BCUT2D eigenvalue weighted by Gasteiger charge is -2.36. The molecule has 0 bridgehead atoms. The summed E-state index contributed by atoms with van der Waals surface area (Å²) in [6.07, 6.45) is 1.50. The van der Waals surface area contributed by atoms with Crippen LogP contribution < -0.4 is 4.74 Å². The lowest BCUT2D eigenvalue weighted by molar-refractivity contribution is -0.0631. The van der Waals surface area contributed by atoms with E-state index in [9.17, 15) is 4.79 Å². The first-order chi connectivity index (χ1) is 10.7. The Morgan fingerprint density at radius 1 is 1.05 bits per heavy atom. The van der Waals surface area contributed by atoms with E-state index in [0.717, 1.165) is 11.1 Å². The zero-order valence-corrected chi connectivity index (χ0v) is 12.6. The molecule has 1 atom stereocenters. The summed E-state index contributed by atoms with van der Waals surface area (Å²) in [5, 5.41) is 0. The van der Waals surface area contributed by atoms with Crippen LogP contribution in [0.4, 0.5) is 0 Å². The van der Waals surface area contributed by atoms with Gasteiger partial charge in [-0.1, -0.05) is 43.0 Å². The van der Waals surface area contributed by atoms with Crippen molar-refractivity contribution in [3.63, 3.8) is 0 Å². The highest BCUT2D eigenvalue weighted by atomic mass is 16.5. The van der Waals surface area contributed by atoms with Gasteiger partial charge in [0.2, 0.25) is 5.72 Å². The molecule has 0 saturated carbocycles. The third-order valence-corrected chi connectivity index (χ3v) is 4.03. The molecule has 1 aliphatic heterocycles. The van der Waals surface area contributed by atoms with E-state index in [1.165, 1.54) is 11.1 Å². The van der Waals surface area contributed by atoms with Gasteiger partial charge in [0.1, 0.15) is 5.75 Å². The van der Waals surface area contributed by atoms with Crippen LogP contribution in [-0.2, 0) is 10.5 Å². The summed E-state index contributed by atoms with van der Waals surface area (Å²) >= 11 is 0. The van der Waals surface area contributed by atoms with Gasteiger partial charge >= 0.3 is 0 Å². The third-order valence-electron chi connectivity index (χ3n) is 4.03. The van der Waals surface area contributed by atoms with Gasteiger partial charge in [0.15, 0.2) is 0 Å². The largest absolute Gasteiger partial charge is 0.496 e. The van der Waals surface area contributed by atoms with Crippen molar-refractivity contribution in [3.8, 4) is 5.75 Å². The number of benzene rings is 2. The van der Waals surface area contributed by atoms with Crippen molar-refractivity contribution < 1.29 is 14.3 Å². The van der Waals surface area contributed by atoms with E-state index >= 15 is 0 Å². The van der Waals surface area contributed by atoms with Crippen LogP contribution in [0.1, 0.15) is 21.5 Å². The molecule has 112 valence electrons. The van der Waals surface area contributed by atoms with Gasteiger partial charge in [0, 0.05) is 24.4 Å². The summed E-state index contributed by atoms with van der Waals surface area (Å²) in [7, 11) is 3.18. The molecule has 0 spiro atoms. The molecule has 0 aliphatic carbocycles. The van der Waals surface area contributed by atoms with Gasteiger partial charge in [-0.2, -0.15) is 0 Å². The molecule has 1 heterocycles. The van der Waals surface area contributed by atoms with Crippen molar-refractivity contribution in [2.24, 2.45) is 0 Å². The zero-order valence-electron chi connectivity index (χ0n) is 12.6. The number of para-hydroxylation sites is 1. The molecule has 0 fully saturated rings. The van der Waals surface area contributed by atoms with Crippen molar-refractivity contribution in [1.82, 2.24) is 4.90 Å². The number of rotatable bonds is 4. The normalized spacial score (nSPS) is 19.9. The molecule has 3 rings (SSSR count). The first-order valence-electron chi connectivity index (χ1n) is 6.95. The first-order valence-corrected chi connectivity index (χ1v) is 6.95. The Morgan fingerprint density at radius 2 is 1.68 bits per heavy atom. The Balaban J connectivity index is 2.36. The van der Waals surface area contributed by atoms with Gasteiger partial charge in [-0.25, -0.2) is 0 Å². The van der Waals surface area contributed by atoms with Crippen LogP contribution >= 0.6 is 0 Å². The number of nitrogens with zero attached hydrogens (tertiary/aromatic N) is 1. The van der Waals surface area contributed by atoms with Crippen molar-refractivity contribution in [2.45, 2.75) is 5.72 Å². The lowest BCUT2D eigenvalue weighted by Crippen LogP contribution is -2.43. The van der Waals surface area contributed by atoms with Crippen molar-refractivity contribution in [1.29, 1.82) is 0 Å². The summed E-state index contributed by atoms with van der Waals surface area (Å²) in [4.78, 5) is 14.2. The van der Waals surface area contributed by atoms with E-state index in [1.807, 2.05) is 42.5 Å². The fraction of sp³-hybridized carbons (Fsp3) is 0.167. The predicted octanol–water partition coefficient (Wildman–Crippen LogP) is 3.14. The number of amides is 1. The van der Waals surface area contributed by atoms with Crippen molar-refractivity contribution in [3.05, 3.63) is 78.0 Å². The van der Waals surface area contributed by atoms with Gasteiger partial charge in [-0.3, -0.25) is 9.69 Å². The fourth-order valence-electron chi connectivity index (χ4n) is 3.10. The van der Waals surface area contributed by atoms with Crippen LogP contribution in [0.2, 0.25) is 0 Å². The summed E-state index contributed by atoms with van der Waals surface area (Å²) in [6.45, 7) is 3.78. The maximum Gasteiger partial charge on any atom is 0.261 e. The minimum atomic E-state index is -1.07. The maximum absolute atomic E-state index is 12.7. The molecule has 22 heavy (non-hydrogen) atoms. The van der Waals surface area contributed by atoms with Crippen LogP contribution in [0.15, 0.2) is 61.3 Å². The minimum absolute atomic E-state index is 0.140. The van der Waals surface area contributed by atoms with Crippen molar-refractivity contribution in [2.75, 3.05) is 14.2 Å². The van der Waals surface area contributed by atoms with Crippen LogP contribution in [0.3, 0.4) is 0 Å². The topological polar surface area (TPSA) is 38.8 Å². The number of carbonyl (C=O) groups excluding carboxylic acids is 1. The van der Waals surface area contributed by atoms with E-state index in [4.69, 9.17) is 9.47 Å². The van der Waals surface area contributed by atoms with Gasteiger partial charge in [-0.05, 0) is 12.1 Å². The molecular weight excluding hydrogens is 278 g/mol. The number of ether oxygens (including phenoxy) is 2. The van der Waals surface area contributed by atoms with E-state index in [1.54, 1.807) is 20.3 Å². The molecule has 1 aliphatic rings. The average molecular weight is 295 g/mol. The molecule has 0 N–H and O–H groups in total. The number of hydrogen-bond donors (Lipinski definition) is 0. The van der Waals surface area contributed by atoms with Gasteiger partial charge in [0.05, 0.1) is 12.7 Å². The Hall–Kier alpha value is -2.59. The molecule has 2 aromatic carbocycles.